The van der Waals surface area contributed by atoms with Crippen molar-refractivity contribution >= 4 is 62.3 Å². The molecule has 0 amide bonds. The summed E-state index contributed by atoms with van der Waals surface area (Å²) >= 11 is 11.1. The molecular formula is C9H27O6S3Sb. The summed E-state index contributed by atoms with van der Waals surface area (Å²) in [5, 5.41) is 49.1. The third-order valence-corrected chi connectivity index (χ3v) is 2.53. The van der Waals surface area contributed by atoms with Crippen LogP contribution in [0.2, 0.25) is 0 Å². The van der Waals surface area contributed by atoms with E-state index in [1.165, 1.54) is 0 Å². The van der Waals surface area contributed by atoms with Crippen LogP contribution in [0.15, 0.2) is 0 Å². The molecule has 0 fully saturated rings. The van der Waals surface area contributed by atoms with E-state index in [-0.39, 0.29) is 44.2 Å². The number of aliphatic hydroxyl groups excluding tert-OH is 6. The van der Waals surface area contributed by atoms with E-state index in [0.717, 1.165) is 0 Å². The fraction of sp³-hybridized carbons (Fsp3) is 1.00. The maximum absolute atomic E-state index is 8.34. The van der Waals surface area contributed by atoms with Gasteiger partial charge < -0.3 is 30.6 Å². The summed E-state index contributed by atoms with van der Waals surface area (Å²) in [5.74, 6) is 0.990. The Kier molecular flexibility index (Phi) is 37.3. The first kappa shape index (κ1) is 28.7. The zero-order valence-corrected chi connectivity index (χ0v) is 17.4. The first-order valence-electron chi connectivity index (χ1n) is 5.12. The van der Waals surface area contributed by atoms with Gasteiger partial charge in [-0.25, -0.2) is 0 Å². The molecule has 0 aromatic heterocycles. The number of hydrogen-bond acceptors (Lipinski definition) is 9. The molecule has 3 atom stereocenters. The second-order valence-electron chi connectivity index (χ2n) is 3.06. The van der Waals surface area contributed by atoms with Crippen molar-refractivity contribution in [1.82, 2.24) is 0 Å². The summed E-state index contributed by atoms with van der Waals surface area (Å²) in [4.78, 5) is 0. The molecule has 0 spiro atoms. The van der Waals surface area contributed by atoms with Crippen LogP contribution in [0.3, 0.4) is 0 Å². The molecule has 3 unspecified atom stereocenters. The van der Waals surface area contributed by atoms with Crippen LogP contribution in [0.5, 0.6) is 0 Å². The predicted molar refractivity (Wildman–Crippen MR) is 90.8 cm³/mol. The van der Waals surface area contributed by atoms with Crippen molar-refractivity contribution < 1.29 is 30.6 Å². The third kappa shape index (κ3) is 32.8. The van der Waals surface area contributed by atoms with Crippen LogP contribution in [-0.4, -0.2) is 110 Å². The normalized spacial score (nSPS) is 13.7. The van der Waals surface area contributed by atoms with E-state index in [0.29, 0.717) is 17.3 Å². The average molecular weight is 449 g/mol. The van der Waals surface area contributed by atoms with E-state index in [1.54, 1.807) is 0 Å². The van der Waals surface area contributed by atoms with Gasteiger partial charge in [0.15, 0.2) is 0 Å². The second kappa shape index (κ2) is 24.6. The molecule has 0 heterocycles. The molecule has 0 aromatic rings. The van der Waals surface area contributed by atoms with Gasteiger partial charge in [-0.1, -0.05) is 0 Å². The zero-order valence-electron chi connectivity index (χ0n) is 10.7. The molecule has 6 N–H and O–H groups in total. The van der Waals surface area contributed by atoms with Crippen LogP contribution in [0.1, 0.15) is 0 Å². The monoisotopic (exact) mass is 448 g/mol. The third-order valence-electron chi connectivity index (χ3n) is 1.26. The molecule has 0 rings (SSSR count). The van der Waals surface area contributed by atoms with Gasteiger partial charge >= 0.3 is 24.4 Å². The molecule has 0 aliphatic carbocycles. The molecule has 0 saturated carbocycles. The van der Waals surface area contributed by atoms with Gasteiger partial charge in [0.25, 0.3) is 0 Å². The van der Waals surface area contributed by atoms with E-state index in [2.05, 4.69) is 37.9 Å². The molecule has 0 bridgehead atoms. The summed E-state index contributed by atoms with van der Waals surface area (Å²) in [6, 6.07) is 0. The molecule has 0 aliphatic rings. The van der Waals surface area contributed by atoms with Gasteiger partial charge in [-0.2, -0.15) is 37.9 Å². The zero-order chi connectivity index (χ0) is 15.0. The SMILES string of the molecule is OCC(O)CS.OCC(O)CS.OCC(O)CS.[SbH3]. The first-order chi connectivity index (χ1) is 8.42. The van der Waals surface area contributed by atoms with Crippen LogP contribution in [0.4, 0.5) is 0 Å². The Morgan fingerprint density at radius 1 is 0.579 bits per heavy atom. The summed E-state index contributed by atoms with van der Waals surface area (Å²) in [7, 11) is 0. The molecule has 0 aromatic carbocycles. The van der Waals surface area contributed by atoms with E-state index in [9.17, 15) is 0 Å². The summed E-state index contributed by atoms with van der Waals surface area (Å²) in [6.07, 6.45) is -1.94. The molecule has 10 heteroatoms. The fourth-order valence-corrected chi connectivity index (χ4v) is 0.520. The minimum atomic E-state index is -0.645. The molecule has 0 saturated heterocycles. The van der Waals surface area contributed by atoms with Gasteiger partial charge in [-0.05, 0) is 0 Å². The average Bonchev–Trinajstić information content (AvgIpc) is 2.45. The Balaban J connectivity index is -0.0000000865. The predicted octanol–water partition coefficient (Wildman–Crippen LogP) is -3.38. The molecule has 122 valence electrons. The van der Waals surface area contributed by atoms with Gasteiger partial charge in [0.05, 0.1) is 38.1 Å². The van der Waals surface area contributed by atoms with Crippen molar-refractivity contribution in [2.75, 3.05) is 37.1 Å². The molecular weight excluding hydrogens is 422 g/mol. The molecule has 19 heavy (non-hydrogen) atoms. The number of rotatable bonds is 6. The standard InChI is InChI=1S/3C3H8O2S.Sb.3H/c3*4-1-3(5)2-6;;;;/h3*3-6H,1-2H2;;;;. The van der Waals surface area contributed by atoms with E-state index in [4.69, 9.17) is 30.6 Å². The van der Waals surface area contributed by atoms with Crippen LogP contribution < -0.4 is 0 Å². The Hall–Kier alpha value is 1.63. The number of aliphatic hydroxyl groups is 6. The second-order valence-corrected chi connectivity index (χ2v) is 4.15. The van der Waals surface area contributed by atoms with E-state index >= 15 is 0 Å². The van der Waals surface area contributed by atoms with Gasteiger partial charge in [0.2, 0.25) is 0 Å². The topological polar surface area (TPSA) is 121 Å². The summed E-state index contributed by atoms with van der Waals surface area (Å²) in [6.45, 7) is -0.573. The van der Waals surface area contributed by atoms with Crippen molar-refractivity contribution in [3.05, 3.63) is 0 Å². The molecule has 0 aliphatic heterocycles. The van der Waals surface area contributed by atoms with Crippen LogP contribution in [0, 0.1) is 0 Å². The fourth-order valence-electron chi connectivity index (χ4n) is 0.173. The van der Waals surface area contributed by atoms with Crippen molar-refractivity contribution in [2.24, 2.45) is 0 Å². The van der Waals surface area contributed by atoms with E-state index in [1.807, 2.05) is 0 Å². The van der Waals surface area contributed by atoms with Gasteiger partial charge in [0, 0.05) is 17.3 Å². The number of hydrogen-bond donors (Lipinski definition) is 9. The Morgan fingerprint density at radius 3 is 0.737 bits per heavy atom. The molecule has 0 radical (unpaired) electrons. The van der Waals surface area contributed by atoms with Gasteiger partial charge in [-0.15, -0.1) is 0 Å². The van der Waals surface area contributed by atoms with Crippen molar-refractivity contribution in [1.29, 1.82) is 0 Å². The van der Waals surface area contributed by atoms with Gasteiger partial charge in [-0.3, -0.25) is 0 Å². The molecule has 6 nitrogen and oxygen atoms in total. The first-order valence-corrected chi connectivity index (χ1v) is 7.02. The van der Waals surface area contributed by atoms with Gasteiger partial charge in [0.1, 0.15) is 0 Å². The number of thiol groups is 3. The minimum absolute atomic E-state index is 0. The van der Waals surface area contributed by atoms with Crippen molar-refractivity contribution in [3.63, 3.8) is 0 Å². The van der Waals surface area contributed by atoms with E-state index < -0.39 is 18.3 Å². The van der Waals surface area contributed by atoms with Crippen LogP contribution in [-0.2, 0) is 0 Å². The Labute approximate surface area is 147 Å². The Morgan fingerprint density at radius 2 is 0.737 bits per heavy atom. The van der Waals surface area contributed by atoms with Crippen molar-refractivity contribution in [3.8, 4) is 0 Å². The Bertz CT molecular complexity index is 113. The quantitative estimate of drug-likeness (QED) is 0.154. The summed E-state index contributed by atoms with van der Waals surface area (Å²) in [5.41, 5.74) is 0. The van der Waals surface area contributed by atoms with Crippen LogP contribution in [0.25, 0.3) is 0 Å². The van der Waals surface area contributed by atoms with Crippen LogP contribution >= 0.6 is 37.9 Å². The maximum atomic E-state index is 8.34. The van der Waals surface area contributed by atoms with Crippen molar-refractivity contribution in [2.45, 2.75) is 18.3 Å². The summed E-state index contributed by atoms with van der Waals surface area (Å²) < 4.78 is 0.